The Labute approximate surface area is 111 Å². The fourth-order valence-corrected chi connectivity index (χ4v) is 2.46. The van der Waals surface area contributed by atoms with Gasteiger partial charge in [-0.2, -0.15) is 0 Å². The van der Waals surface area contributed by atoms with E-state index in [0.717, 1.165) is 25.8 Å². The molecule has 4 heteroatoms. The lowest BCUT2D eigenvalue weighted by atomic mass is 9.95. The SMILES string of the molecule is CCCNC1COCC1C(=O)NC(C)(C)CCC. The third-order valence-electron chi connectivity index (χ3n) is 3.41. The van der Waals surface area contributed by atoms with E-state index in [1.54, 1.807) is 0 Å². The molecule has 1 aliphatic rings. The highest BCUT2D eigenvalue weighted by Crippen LogP contribution is 2.17. The lowest BCUT2D eigenvalue weighted by Gasteiger charge is -2.28. The van der Waals surface area contributed by atoms with Crippen molar-refractivity contribution in [2.75, 3.05) is 19.8 Å². The van der Waals surface area contributed by atoms with Crippen LogP contribution in [0.1, 0.15) is 47.0 Å². The van der Waals surface area contributed by atoms with Crippen LogP contribution in [-0.2, 0) is 9.53 Å². The highest BCUT2D eigenvalue weighted by atomic mass is 16.5. The van der Waals surface area contributed by atoms with Gasteiger partial charge in [-0.15, -0.1) is 0 Å². The highest BCUT2D eigenvalue weighted by Gasteiger charge is 2.35. The number of nitrogens with one attached hydrogen (secondary N) is 2. The second-order valence-corrected chi connectivity index (χ2v) is 5.83. The van der Waals surface area contributed by atoms with E-state index >= 15 is 0 Å². The van der Waals surface area contributed by atoms with Gasteiger partial charge < -0.3 is 15.4 Å². The maximum absolute atomic E-state index is 12.3. The molecule has 1 fully saturated rings. The smallest absolute Gasteiger partial charge is 0.227 e. The zero-order chi connectivity index (χ0) is 13.6. The molecule has 0 aromatic carbocycles. The Bertz CT molecular complexity index is 267. The first kappa shape index (κ1) is 15.4. The molecule has 0 bridgehead atoms. The second kappa shape index (κ2) is 7.10. The van der Waals surface area contributed by atoms with Gasteiger partial charge in [0, 0.05) is 11.6 Å². The van der Waals surface area contributed by atoms with Crippen LogP contribution in [0.4, 0.5) is 0 Å². The molecule has 1 heterocycles. The van der Waals surface area contributed by atoms with Gasteiger partial charge in [0.05, 0.1) is 19.1 Å². The third kappa shape index (κ3) is 4.58. The summed E-state index contributed by atoms with van der Waals surface area (Å²) in [5.74, 6) is 0.0761. The van der Waals surface area contributed by atoms with Crippen LogP contribution < -0.4 is 10.6 Å². The van der Waals surface area contributed by atoms with E-state index in [1.165, 1.54) is 0 Å². The Hall–Kier alpha value is -0.610. The van der Waals surface area contributed by atoms with E-state index in [9.17, 15) is 4.79 Å². The lowest BCUT2D eigenvalue weighted by molar-refractivity contribution is -0.127. The van der Waals surface area contributed by atoms with Crippen molar-refractivity contribution >= 4 is 5.91 Å². The molecular formula is C14H28N2O2. The van der Waals surface area contributed by atoms with Crippen molar-refractivity contribution in [1.82, 2.24) is 10.6 Å². The van der Waals surface area contributed by atoms with Gasteiger partial charge in [0.25, 0.3) is 0 Å². The van der Waals surface area contributed by atoms with Crippen LogP contribution in [0.2, 0.25) is 0 Å². The Morgan fingerprint density at radius 1 is 1.28 bits per heavy atom. The van der Waals surface area contributed by atoms with Gasteiger partial charge in [-0.3, -0.25) is 4.79 Å². The molecule has 1 aliphatic heterocycles. The number of rotatable bonds is 7. The summed E-state index contributed by atoms with van der Waals surface area (Å²) < 4.78 is 5.44. The van der Waals surface area contributed by atoms with Crippen LogP contribution in [0.15, 0.2) is 0 Å². The largest absolute Gasteiger partial charge is 0.379 e. The van der Waals surface area contributed by atoms with E-state index in [2.05, 4.69) is 38.3 Å². The molecule has 0 aromatic rings. The van der Waals surface area contributed by atoms with Crippen LogP contribution in [0, 0.1) is 5.92 Å². The molecule has 1 amide bonds. The molecule has 4 nitrogen and oxygen atoms in total. The van der Waals surface area contributed by atoms with Gasteiger partial charge in [-0.05, 0) is 33.2 Å². The lowest BCUT2D eigenvalue weighted by Crippen LogP contribution is -2.50. The van der Waals surface area contributed by atoms with Crippen LogP contribution in [0.3, 0.4) is 0 Å². The zero-order valence-corrected chi connectivity index (χ0v) is 12.2. The summed E-state index contributed by atoms with van der Waals surface area (Å²) in [6.45, 7) is 10.6. The predicted molar refractivity (Wildman–Crippen MR) is 73.5 cm³/mol. The highest BCUT2D eigenvalue weighted by molar-refractivity contribution is 5.80. The molecule has 0 radical (unpaired) electrons. The number of carbonyl (C=O) groups is 1. The summed E-state index contributed by atoms with van der Waals surface area (Å²) in [5.41, 5.74) is -0.121. The standard InChI is InChI=1S/C14H28N2O2/c1-5-7-14(3,4)16-13(17)11-9-18-10-12(11)15-8-6-2/h11-12,15H,5-10H2,1-4H3,(H,16,17). The van der Waals surface area contributed by atoms with Crippen molar-refractivity contribution in [3.63, 3.8) is 0 Å². The van der Waals surface area contributed by atoms with Crippen LogP contribution >= 0.6 is 0 Å². The van der Waals surface area contributed by atoms with Crippen LogP contribution in [0.5, 0.6) is 0 Å². The van der Waals surface area contributed by atoms with Gasteiger partial charge in [-0.25, -0.2) is 0 Å². The average molecular weight is 256 g/mol. The summed E-state index contributed by atoms with van der Waals surface area (Å²) in [6, 6.07) is 0.169. The molecule has 18 heavy (non-hydrogen) atoms. The fraction of sp³-hybridized carbons (Fsp3) is 0.929. The van der Waals surface area contributed by atoms with Crippen molar-refractivity contribution < 1.29 is 9.53 Å². The molecule has 2 atom stereocenters. The number of hydrogen-bond acceptors (Lipinski definition) is 3. The molecule has 2 N–H and O–H groups in total. The van der Waals surface area contributed by atoms with Gasteiger partial charge in [0.1, 0.15) is 0 Å². The minimum absolute atomic E-state index is 0.0484. The van der Waals surface area contributed by atoms with Gasteiger partial charge >= 0.3 is 0 Å². The summed E-state index contributed by atoms with van der Waals surface area (Å²) in [4.78, 5) is 12.3. The van der Waals surface area contributed by atoms with Crippen molar-refractivity contribution in [1.29, 1.82) is 0 Å². The van der Waals surface area contributed by atoms with E-state index in [1.807, 2.05) is 0 Å². The number of hydrogen-bond donors (Lipinski definition) is 2. The summed E-state index contributed by atoms with van der Waals surface area (Å²) in [6.07, 6.45) is 3.15. The number of ether oxygens (including phenoxy) is 1. The second-order valence-electron chi connectivity index (χ2n) is 5.83. The minimum atomic E-state index is -0.121. The molecule has 2 unspecified atom stereocenters. The Balaban J connectivity index is 2.49. The van der Waals surface area contributed by atoms with Gasteiger partial charge in [0.2, 0.25) is 5.91 Å². The summed E-state index contributed by atoms with van der Waals surface area (Å²) in [7, 11) is 0. The van der Waals surface area contributed by atoms with E-state index in [-0.39, 0.29) is 23.4 Å². The first-order chi connectivity index (χ1) is 8.50. The van der Waals surface area contributed by atoms with E-state index in [4.69, 9.17) is 4.74 Å². The molecule has 106 valence electrons. The van der Waals surface area contributed by atoms with Crippen molar-refractivity contribution in [3.05, 3.63) is 0 Å². The van der Waals surface area contributed by atoms with Crippen LogP contribution in [0.25, 0.3) is 0 Å². The molecule has 1 saturated heterocycles. The van der Waals surface area contributed by atoms with Gasteiger partial charge in [0.15, 0.2) is 0 Å². The van der Waals surface area contributed by atoms with Crippen molar-refractivity contribution in [2.45, 2.75) is 58.5 Å². The molecule has 0 saturated carbocycles. The van der Waals surface area contributed by atoms with Crippen molar-refractivity contribution in [3.8, 4) is 0 Å². The number of amides is 1. The van der Waals surface area contributed by atoms with E-state index < -0.39 is 0 Å². The zero-order valence-electron chi connectivity index (χ0n) is 12.2. The Kier molecular flexibility index (Phi) is 6.09. The molecule has 0 spiro atoms. The quantitative estimate of drug-likeness (QED) is 0.729. The van der Waals surface area contributed by atoms with Gasteiger partial charge in [-0.1, -0.05) is 20.3 Å². The minimum Gasteiger partial charge on any atom is -0.379 e. The first-order valence-corrected chi connectivity index (χ1v) is 7.13. The molecular weight excluding hydrogens is 228 g/mol. The Morgan fingerprint density at radius 3 is 2.61 bits per heavy atom. The maximum Gasteiger partial charge on any atom is 0.227 e. The maximum atomic E-state index is 12.3. The topological polar surface area (TPSA) is 50.4 Å². The first-order valence-electron chi connectivity index (χ1n) is 7.13. The summed E-state index contributed by atoms with van der Waals surface area (Å²) >= 11 is 0. The van der Waals surface area contributed by atoms with Crippen LogP contribution in [-0.4, -0.2) is 37.2 Å². The van der Waals surface area contributed by atoms with Crippen molar-refractivity contribution in [2.24, 2.45) is 5.92 Å². The number of carbonyl (C=O) groups excluding carboxylic acids is 1. The van der Waals surface area contributed by atoms with E-state index in [0.29, 0.717) is 13.2 Å². The average Bonchev–Trinajstić information content (AvgIpc) is 2.73. The predicted octanol–water partition coefficient (Wildman–Crippen LogP) is 1.70. The fourth-order valence-electron chi connectivity index (χ4n) is 2.46. The monoisotopic (exact) mass is 256 g/mol. The molecule has 0 aromatic heterocycles. The normalized spacial score (nSPS) is 24.2. The Morgan fingerprint density at radius 2 is 2.00 bits per heavy atom. The third-order valence-corrected chi connectivity index (χ3v) is 3.41. The molecule has 0 aliphatic carbocycles. The summed E-state index contributed by atoms with van der Waals surface area (Å²) in [5, 5.41) is 6.54. The molecule has 1 rings (SSSR count).